The van der Waals surface area contributed by atoms with Gasteiger partial charge in [0.2, 0.25) is 0 Å². The van der Waals surface area contributed by atoms with E-state index in [0.29, 0.717) is 5.69 Å². The number of hydrogen-bond acceptors (Lipinski definition) is 4. The molecule has 1 fully saturated rings. The number of halogens is 1. The number of rotatable bonds is 5. The number of carbonyl (C=O) groups is 1. The quantitative estimate of drug-likeness (QED) is 0.834. The van der Waals surface area contributed by atoms with Crippen molar-refractivity contribution in [2.24, 2.45) is 0 Å². The largest absolute Gasteiger partial charge is 0.339 e. The second kappa shape index (κ2) is 5.46. The first-order valence-corrected chi connectivity index (χ1v) is 7.31. The van der Waals surface area contributed by atoms with E-state index in [4.69, 9.17) is 0 Å². The van der Waals surface area contributed by atoms with Gasteiger partial charge in [-0.3, -0.25) is 4.79 Å². The Balaban J connectivity index is 1.84. The summed E-state index contributed by atoms with van der Waals surface area (Å²) in [5.41, 5.74) is 2.20. The van der Waals surface area contributed by atoms with Gasteiger partial charge in [0.25, 0.3) is 5.91 Å². The molecule has 0 saturated heterocycles. The Morgan fingerprint density at radius 3 is 2.76 bits per heavy atom. The second-order valence-electron chi connectivity index (χ2n) is 4.41. The third-order valence-corrected chi connectivity index (χ3v) is 4.58. The molecule has 1 saturated carbocycles. The van der Waals surface area contributed by atoms with E-state index in [-0.39, 0.29) is 5.91 Å². The van der Waals surface area contributed by atoms with Crippen molar-refractivity contribution in [1.82, 2.24) is 14.8 Å². The molecule has 1 amide bonds. The number of nitrogens with zero attached hydrogens (tertiary/aromatic N) is 3. The minimum atomic E-state index is -0.0117. The van der Waals surface area contributed by atoms with Gasteiger partial charge >= 0.3 is 0 Å². The van der Waals surface area contributed by atoms with E-state index in [2.05, 4.69) is 32.9 Å². The molecule has 0 bridgehead atoms. The van der Waals surface area contributed by atoms with Gasteiger partial charge in [-0.15, -0.1) is 11.3 Å². The third kappa shape index (κ3) is 3.26. The van der Waals surface area contributed by atoms with Crippen molar-refractivity contribution < 1.29 is 4.79 Å². The predicted molar refractivity (Wildman–Crippen MR) is 72.4 cm³/mol. The van der Waals surface area contributed by atoms with Crippen LogP contribution in [0.3, 0.4) is 0 Å². The number of likely N-dealkylation sites (N-methyl/N-ethyl adjacent to an activating group) is 2. The maximum absolute atomic E-state index is 12.0. The van der Waals surface area contributed by atoms with Crippen LogP contribution in [0.25, 0.3) is 0 Å². The summed E-state index contributed by atoms with van der Waals surface area (Å²) in [4.78, 5) is 20.2. The lowest BCUT2D eigenvalue weighted by Crippen LogP contribution is -2.35. The second-order valence-corrected chi connectivity index (χ2v) is 6.59. The lowest BCUT2D eigenvalue weighted by Gasteiger charge is -2.21. The molecule has 0 unspecified atom stereocenters. The van der Waals surface area contributed by atoms with Crippen LogP contribution in [0.5, 0.6) is 0 Å². The van der Waals surface area contributed by atoms with Crippen molar-refractivity contribution in [3.05, 3.63) is 15.0 Å². The Bertz CT molecular complexity index is 405. The number of aromatic nitrogens is 1. The Morgan fingerprint density at radius 2 is 2.24 bits per heavy atom. The minimum absolute atomic E-state index is 0.0117. The predicted octanol–water partition coefficient (Wildman–Crippen LogP) is 2.07. The van der Waals surface area contributed by atoms with Crippen molar-refractivity contribution in [2.45, 2.75) is 18.9 Å². The summed E-state index contributed by atoms with van der Waals surface area (Å²) >= 11 is 4.78. The standard InChI is InChI=1S/C11H16BrN3OS/c1-14(8-3-4-8)5-6-15(2)11(16)9-10(12)17-7-13-9/h7-8H,3-6H2,1-2H3. The van der Waals surface area contributed by atoms with Crippen molar-refractivity contribution in [3.8, 4) is 0 Å². The van der Waals surface area contributed by atoms with Gasteiger partial charge in [-0.1, -0.05) is 0 Å². The highest BCUT2D eigenvalue weighted by Gasteiger charge is 2.26. The van der Waals surface area contributed by atoms with Crippen LogP contribution in [0.1, 0.15) is 23.3 Å². The Hall–Kier alpha value is -0.460. The summed E-state index contributed by atoms with van der Waals surface area (Å²) < 4.78 is 0.810. The highest BCUT2D eigenvalue weighted by Crippen LogP contribution is 2.25. The average molecular weight is 318 g/mol. The Labute approximate surface area is 114 Å². The van der Waals surface area contributed by atoms with E-state index in [1.54, 1.807) is 10.4 Å². The smallest absolute Gasteiger partial charge is 0.274 e. The molecule has 4 nitrogen and oxygen atoms in total. The highest BCUT2D eigenvalue weighted by atomic mass is 79.9. The first kappa shape index (κ1) is 13.0. The van der Waals surface area contributed by atoms with E-state index >= 15 is 0 Å². The molecule has 0 spiro atoms. The molecule has 0 radical (unpaired) electrons. The molecule has 0 aliphatic heterocycles. The number of carbonyl (C=O) groups excluding carboxylic acids is 1. The molecule has 1 aliphatic carbocycles. The molecule has 94 valence electrons. The molecule has 1 aliphatic rings. The van der Waals surface area contributed by atoms with Crippen molar-refractivity contribution in [1.29, 1.82) is 0 Å². The fourth-order valence-electron chi connectivity index (χ4n) is 1.66. The zero-order valence-electron chi connectivity index (χ0n) is 10.0. The zero-order valence-corrected chi connectivity index (χ0v) is 12.4. The highest BCUT2D eigenvalue weighted by molar-refractivity contribution is 9.11. The topological polar surface area (TPSA) is 36.4 Å². The lowest BCUT2D eigenvalue weighted by molar-refractivity contribution is 0.0775. The molecule has 0 aromatic carbocycles. The molecule has 1 aromatic heterocycles. The zero-order chi connectivity index (χ0) is 12.4. The normalized spacial score (nSPS) is 15.3. The van der Waals surface area contributed by atoms with Gasteiger partial charge in [-0.2, -0.15) is 0 Å². The molecular weight excluding hydrogens is 302 g/mol. The van der Waals surface area contributed by atoms with Crippen LogP contribution in [0.15, 0.2) is 9.30 Å². The van der Waals surface area contributed by atoms with Gasteiger partial charge in [0, 0.05) is 26.2 Å². The number of hydrogen-bond donors (Lipinski definition) is 0. The summed E-state index contributed by atoms with van der Waals surface area (Å²) in [6.45, 7) is 1.67. The molecule has 6 heteroatoms. The summed E-state index contributed by atoms with van der Waals surface area (Å²) in [6.07, 6.45) is 2.59. The Morgan fingerprint density at radius 1 is 1.53 bits per heavy atom. The first-order valence-electron chi connectivity index (χ1n) is 5.64. The SMILES string of the molecule is CN(CCN(C)C1CC1)C(=O)c1ncsc1Br. The number of amides is 1. The molecule has 0 atom stereocenters. The van der Waals surface area contributed by atoms with E-state index in [9.17, 15) is 4.79 Å². The summed E-state index contributed by atoms with van der Waals surface area (Å²) in [5.74, 6) is -0.0117. The average Bonchev–Trinajstić information content (AvgIpc) is 3.08. The van der Waals surface area contributed by atoms with Crippen molar-refractivity contribution in [3.63, 3.8) is 0 Å². The maximum Gasteiger partial charge on any atom is 0.274 e. The summed E-state index contributed by atoms with van der Waals surface area (Å²) in [5, 5.41) is 0. The molecule has 17 heavy (non-hydrogen) atoms. The maximum atomic E-state index is 12.0. The van der Waals surface area contributed by atoms with E-state index < -0.39 is 0 Å². The summed E-state index contributed by atoms with van der Waals surface area (Å²) in [6, 6.07) is 0.740. The van der Waals surface area contributed by atoms with E-state index in [1.807, 2.05) is 7.05 Å². The minimum Gasteiger partial charge on any atom is -0.339 e. The van der Waals surface area contributed by atoms with Gasteiger partial charge in [-0.25, -0.2) is 4.98 Å². The van der Waals surface area contributed by atoms with Crippen LogP contribution in [-0.2, 0) is 0 Å². The van der Waals surface area contributed by atoms with Crippen LogP contribution in [-0.4, -0.2) is 53.9 Å². The molecule has 1 heterocycles. The van der Waals surface area contributed by atoms with E-state index in [0.717, 1.165) is 22.9 Å². The van der Waals surface area contributed by atoms with E-state index in [1.165, 1.54) is 24.2 Å². The van der Waals surface area contributed by atoms with Crippen LogP contribution < -0.4 is 0 Å². The van der Waals surface area contributed by atoms with Gasteiger partial charge in [-0.05, 0) is 35.8 Å². The third-order valence-electron chi connectivity index (χ3n) is 3.03. The van der Waals surface area contributed by atoms with Crippen LogP contribution in [0.4, 0.5) is 0 Å². The van der Waals surface area contributed by atoms with Crippen LogP contribution in [0.2, 0.25) is 0 Å². The Kier molecular flexibility index (Phi) is 4.17. The van der Waals surface area contributed by atoms with Gasteiger partial charge in [0.15, 0.2) is 5.69 Å². The van der Waals surface area contributed by atoms with Gasteiger partial charge < -0.3 is 9.80 Å². The van der Waals surface area contributed by atoms with Gasteiger partial charge in [0.1, 0.15) is 3.79 Å². The monoisotopic (exact) mass is 317 g/mol. The molecule has 0 N–H and O–H groups in total. The molecule has 2 rings (SSSR count). The summed E-state index contributed by atoms with van der Waals surface area (Å²) in [7, 11) is 3.95. The molecular formula is C11H16BrN3OS. The van der Waals surface area contributed by atoms with Crippen LogP contribution in [0, 0.1) is 0 Å². The lowest BCUT2D eigenvalue weighted by atomic mass is 10.4. The van der Waals surface area contributed by atoms with Crippen LogP contribution >= 0.6 is 27.3 Å². The fraction of sp³-hybridized carbons (Fsp3) is 0.636. The fourth-order valence-corrected chi connectivity index (χ4v) is 2.68. The number of thiazole rings is 1. The van der Waals surface area contributed by atoms with Gasteiger partial charge in [0.05, 0.1) is 5.51 Å². The first-order chi connectivity index (χ1) is 8.09. The molecule has 1 aromatic rings. The van der Waals surface area contributed by atoms with Crippen molar-refractivity contribution in [2.75, 3.05) is 27.2 Å². The van der Waals surface area contributed by atoms with Crippen molar-refractivity contribution >= 4 is 33.2 Å².